The van der Waals surface area contributed by atoms with Gasteiger partial charge in [-0.25, -0.2) is 13.8 Å². The van der Waals surface area contributed by atoms with E-state index in [-0.39, 0.29) is 23.0 Å². The van der Waals surface area contributed by atoms with Crippen molar-refractivity contribution in [3.05, 3.63) is 58.1 Å². The number of nitrogens with zero attached hydrogens (tertiary/aromatic N) is 2. The lowest BCUT2D eigenvalue weighted by Gasteiger charge is -2.33. The summed E-state index contributed by atoms with van der Waals surface area (Å²) in [5.41, 5.74) is -0.636. The molecule has 0 bridgehead atoms. The molecule has 1 aliphatic heterocycles. The van der Waals surface area contributed by atoms with Crippen LogP contribution in [0.3, 0.4) is 0 Å². The number of anilines is 1. The normalized spacial score (nSPS) is 17.6. The van der Waals surface area contributed by atoms with Gasteiger partial charge in [0.05, 0.1) is 5.56 Å². The van der Waals surface area contributed by atoms with Crippen LogP contribution in [0.15, 0.2) is 35.4 Å². The van der Waals surface area contributed by atoms with Crippen LogP contribution in [-0.2, 0) is 0 Å². The van der Waals surface area contributed by atoms with E-state index in [9.17, 15) is 18.4 Å². The topological polar surface area (TPSA) is 78.1 Å². The molecule has 24 heavy (non-hydrogen) atoms. The molecule has 6 nitrogen and oxygen atoms in total. The van der Waals surface area contributed by atoms with Crippen LogP contribution in [0.4, 0.5) is 14.6 Å². The molecule has 1 unspecified atom stereocenters. The van der Waals surface area contributed by atoms with Crippen molar-refractivity contribution < 1.29 is 13.6 Å². The van der Waals surface area contributed by atoms with Crippen molar-refractivity contribution in [3.8, 4) is 0 Å². The van der Waals surface area contributed by atoms with Crippen LogP contribution in [0.2, 0.25) is 0 Å². The highest BCUT2D eigenvalue weighted by Crippen LogP contribution is 2.16. The number of aromatic amines is 1. The van der Waals surface area contributed by atoms with Crippen molar-refractivity contribution in [2.45, 2.75) is 18.9 Å². The van der Waals surface area contributed by atoms with E-state index in [0.717, 1.165) is 12.5 Å². The van der Waals surface area contributed by atoms with Gasteiger partial charge in [0.2, 0.25) is 0 Å². The van der Waals surface area contributed by atoms with E-state index in [1.807, 2.05) is 0 Å². The quantitative estimate of drug-likeness (QED) is 0.890. The summed E-state index contributed by atoms with van der Waals surface area (Å²) in [4.78, 5) is 32.4. The fourth-order valence-corrected chi connectivity index (χ4v) is 2.80. The Bertz CT molecular complexity index is 809. The first-order chi connectivity index (χ1) is 11.6. The van der Waals surface area contributed by atoms with Gasteiger partial charge in [-0.1, -0.05) is 6.07 Å². The molecule has 0 aliphatic carbocycles. The van der Waals surface area contributed by atoms with Crippen LogP contribution in [0.5, 0.6) is 0 Å². The smallest absolute Gasteiger partial charge is 0.290 e. The highest BCUT2D eigenvalue weighted by atomic mass is 19.2. The second-order valence-electron chi connectivity index (χ2n) is 5.60. The Morgan fingerprint density at radius 2 is 2.21 bits per heavy atom. The van der Waals surface area contributed by atoms with Crippen LogP contribution in [0, 0.1) is 11.6 Å². The van der Waals surface area contributed by atoms with Gasteiger partial charge < -0.3 is 15.2 Å². The van der Waals surface area contributed by atoms with E-state index < -0.39 is 17.5 Å². The van der Waals surface area contributed by atoms with E-state index in [2.05, 4.69) is 15.3 Å². The third-order valence-electron chi connectivity index (χ3n) is 3.94. The Kier molecular flexibility index (Phi) is 4.54. The molecule has 126 valence electrons. The van der Waals surface area contributed by atoms with Crippen molar-refractivity contribution in [2.75, 3.05) is 18.0 Å². The molecule has 2 aromatic rings. The molecule has 0 radical (unpaired) electrons. The number of carbonyl (C=O) groups is 1. The number of hydrogen-bond acceptors (Lipinski definition) is 4. The van der Waals surface area contributed by atoms with Crippen LogP contribution < -0.4 is 15.8 Å². The molecule has 1 fully saturated rings. The number of aromatic nitrogens is 2. The summed E-state index contributed by atoms with van der Waals surface area (Å²) in [6.45, 7) is 1.02. The number of amides is 1. The fraction of sp³-hybridized carbons (Fsp3) is 0.312. The number of H-pyrrole nitrogens is 1. The Balaban J connectivity index is 1.72. The summed E-state index contributed by atoms with van der Waals surface area (Å²) >= 11 is 0. The third kappa shape index (κ3) is 3.27. The predicted octanol–water partition coefficient (Wildman–Crippen LogP) is 1.45. The third-order valence-corrected chi connectivity index (χ3v) is 3.94. The Labute approximate surface area is 136 Å². The first kappa shape index (κ1) is 16.1. The predicted molar refractivity (Wildman–Crippen MR) is 83.9 cm³/mol. The summed E-state index contributed by atoms with van der Waals surface area (Å²) < 4.78 is 26.9. The fourth-order valence-electron chi connectivity index (χ4n) is 2.80. The number of carbonyl (C=O) groups excluding carboxylic acids is 1. The van der Waals surface area contributed by atoms with Crippen LogP contribution in [-0.4, -0.2) is 35.0 Å². The van der Waals surface area contributed by atoms with Crippen molar-refractivity contribution in [3.63, 3.8) is 0 Å². The van der Waals surface area contributed by atoms with Crippen molar-refractivity contribution in [1.82, 2.24) is 15.3 Å². The lowest BCUT2D eigenvalue weighted by atomic mass is 10.0. The molecule has 1 aromatic carbocycles. The molecule has 1 atom stereocenters. The summed E-state index contributed by atoms with van der Waals surface area (Å²) in [5, 5.41) is 2.70. The molecule has 1 aromatic heterocycles. The SMILES string of the molecule is O=C(NC1CCCN(c2ncc[nH]c2=O)C1)c1cccc(F)c1F. The molecule has 1 amide bonds. The Morgan fingerprint density at radius 3 is 3.00 bits per heavy atom. The van der Waals surface area contributed by atoms with E-state index in [0.29, 0.717) is 19.5 Å². The van der Waals surface area contributed by atoms with Crippen molar-refractivity contribution in [1.29, 1.82) is 0 Å². The summed E-state index contributed by atoms with van der Waals surface area (Å²) in [6, 6.07) is 3.20. The highest BCUT2D eigenvalue weighted by molar-refractivity contribution is 5.94. The molecule has 1 saturated heterocycles. The monoisotopic (exact) mass is 334 g/mol. The second-order valence-corrected chi connectivity index (χ2v) is 5.60. The average molecular weight is 334 g/mol. The molecule has 0 saturated carbocycles. The van der Waals surface area contributed by atoms with E-state index >= 15 is 0 Å². The van der Waals surface area contributed by atoms with Crippen LogP contribution in [0.25, 0.3) is 0 Å². The number of hydrogen-bond donors (Lipinski definition) is 2. The van der Waals surface area contributed by atoms with Crippen molar-refractivity contribution >= 4 is 11.7 Å². The van der Waals surface area contributed by atoms with Crippen molar-refractivity contribution in [2.24, 2.45) is 0 Å². The van der Waals surface area contributed by atoms with E-state index in [4.69, 9.17) is 0 Å². The van der Waals surface area contributed by atoms with Gasteiger partial charge in [0, 0.05) is 31.5 Å². The van der Waals surface area contributed by atoms with Gasteiger partial charge in [0.15, 0.2) is 17.5 Å². The van der Waals surface area contributed by atoms with E-state index in [1.54, 1.807) is 4.90 Å². The zero-order valence-corrected chi connectivity index (χ0v) is 12.8. The maximum atomic E-state index is 13.7. The lowest BCUT2D eigenvalue weighted by Crippen LogP contribution is -2.49. The van der Waals surface area contributed by atoms with E-state index in [1.165, 1.54) is 24.5 Å². The zero-order chi connectivity index (χ0) is 17.1. The molecular weight excluding hydrogens is 318 g/mol. The summed E-state index contributed by atoms with van der Waals surface area (Å²) in [5.74, 6) is -2.61. The van der Waals surface area contributed by atoms with Crippen LogP contribution >= 0.6 is 0 Å². The molecule has 1 aliphatic rings. The maximum Gasteiger partial charge on any atom is 0.290 e. The van der Waals surface area contributed by atoms with Gasteiger partial charge in [-0.05, 0) is 25.0 Å². The highest BCUT2D eigenvalue weighted by Gasteiger charge is 2.25. The largest absolute Gasteiger partial charge is 0.350 e. The maximum absolute atomic E-state index is 13.7. The standard InChI is InChI=1S/C16H16F2N4O2/c17-12-5-1-4-11(13(12)18)15(23)21-10-3-2-8-22(9-10)14-16(24)20-7-6-19-14/h1,4-7,10H,2-3,8-9H2,(H,20,24)(H,21,23). The number of piperidine rings is 1. The summed E-state index contributed by atoms with van der Waals surface area (Å²) in [7, 11) is 0. The average Bonchev–Trinajstić information content (AvgIpc) is 2.58. The van der Waals surface area contributed by atoms with Gasteiger partial charge >= 0.3 is 0 Å². The zero-order valence-electron chi connectivity index (χ0n) is 12.8. The molecule has 3 rings (SSSR count). The Hall–Kier alpha value is -2.77. The minimum atomic E-state index is -1.16. The summed E-state index contributed by atoms with van der Waals surface area (Å²) in [6.07, 6.45) is 4.36. The lowest BCUT2D eigenvalue weighted by molar-refractivity contribution is 0.0928. The molecule has 2 N–H and O–H groups in total. The van der Waals surface area contributed by atoms with Gasteiger partial charge in [-0.2, -0.15) is 0 Å². The molecule has 2 heterocycles. The first-order valence-electron chi connectivity index (χ1n) is 7.60. The first-order valence-corrected chi connectivity index (χ1v) is 7.60. The second kappa shape index (κ2) is 6.77. The molecular formula is C16H16F2N4O2. The minimum absolute atomic E-state index is 0.282. The molecule has 8 heteroatoms. The Morgan fingerprint density at radius 1 is 1.38 bits per heavy atom. The number of benzene rings is 1. The molecule has 0 spiro atoms. The van der Waals surface area contributed by atoms with Crippen LogP contribution in [0.1, 0.15) is 23.2 Å². The van der Waals surface area contributed by atoms with Gasteiger partial charge in [-0.15, -0.1) is 0 Å². The minimum Gasteiger partial charge on any atom is -0.350 e. The number of nitrogens with one attached hydrogen (secondary N) is 2. The van der Waals surface area contributed by atoms with Gasteiger partial charge in [0.25, 0.3) is 11.5 Å². The number of rotatable bonds is 3. The van der Waals surface area contributed by atoms with Gasteiger partial charge in [0.1, 0.15) is 0 Å². The number of halogens is 2. The van der Waals surface area contributed by atoms with Gasteiger partial charge in [-0.3, -0.25) is 9.59 Å².